The summed E-state index contributed by atoms with van der Waals surface area (Å²) >= 11 is 0. The molecular formula is C30H35N3O3. The molecule has 0 fully saturated rings. The predicted molar refractivity (Wildman–Crippen MR) is 144 cm³/mol. The molecule has 6 nitrogen and oxygen atoms in total. The van der Waals surface area contributed by atoms with Crippen LogP contribution in [0, 0.1) is 0 Å². The number of para-hydroxylation sites is 2. The second-order valence-corrected chi connectivity index (χ2v) is 8.83. The van der Waals surface area contributed by atoms with Crippen LogP contribution in [0.15, 0.2) is 78.9 Å². The standard InChI is InChI=1S/C30H35N3O3/c1-35-25-17-19-26(20-18-25)36-23-11-10-22-33-28-15-8-7-14-27(28)32-29(33)16-6-3-9-21-31-30(34)24-12-4-2-5-13-24/h2,4-5,7-8,12-15,17-20H,3,6,9-11,16,21-23H2,1H3,(H,31,34). The van der Waals surface area contributed by atoms with Crippen molar-refractivity contribution >= 4 is 16.9 Å². The summed E-state index contributed by atoms with van der Waals surface area (Å²) in [6.07, 6.45) is 5.98. The van der Waals surface area contributed by atoms with Gasteiger partial charge in [-0.15, -0.1) is 0 Å². The summed E-state index contributed by atoms with van der Waals surface area (Å²) in [5.74, 6) is 2.83. The Hall–Kier alpha value is -3.80. The van der Waals surface area contributed by atoms with Crippen LogP contribution in [-0.2, 0) is 13.0 Å². The van der Waals surface area contributed by atoms with Crippen LogP contribution in [0.25, 0.3) is 11.0 Å². The van der Waals surface area contributed by atoms with Crippen LogP contribution in [-0.4, -0.2) is 35.7 Å². The molecule has 0 aliphatic carbocycles. The second kappa shape index (κ2) is 13.3. The van der Waals surface area contributed by atoms with E-state index in [-0.39, 0.29) is 5.91 Å². The molecule has 0 spiro atoms. The third-order valence-corrected chi connectivity index (χ3v) is 6.24. The molecule has 0 radical (unpaired) electrons. The Morgan fingerprint density at radius 2 is 1.58 bits per heavy atom. The number of hydrogen-bond acceptors (Lipinski definition) is 4. The van der Waals surface area contributed by atoms with Gasteiger partial charge in [-0.1, -0.05) is 36.8 Å². The van der Waals surface area contributed by atoms with Gasteiger partial charge in [0.1, 0.15) is 17.3 Å². The van der Waals surface area contributed by atoms with Gasteiger partial charge in [0.05, 0.1) is 24.8 Å². The van der Waals surface area contributed by atoms with Gasteiger partial charge in [0.2, 0.25) is 0 Å². The summed E-state index contributed by atoms with van der Waals surface area (Å²) in [6, 6.07) is 25.4. The van der Waals surface area contributed by atoms with E-state index in [1.807, 2.05) is 60.7 Å². The summed E-state index contributed by atoms with van der Waals surface area (Å²) < 4.78 is 13.4. The van der Waals surface area contributed by atoms with Crippen LogP contribution in [0.2, 0.25) is 0 Å². The Bertz CT molecular complexity index is 1220. The highest BCUT2D eigenvalue weighted by Gasteiger charge is 2.10. The van der Waals surface area contributed by atoms with Crippen molar-refractivity contribution in [3.63, 3.8) is 0 Å². The van der Waals surface area contributed by atoms with Crippen molar-refractivity contribution < 1.29 is 14.3 Å². The molecule has 1 heterocycles. The van der Waals surface area contributed by atoms with Crippen LogP contribution in [0.5, 0.6) is 11.5 Å². The summed E-state index contributed by atoms with van der Waals surface area (Å²) in [5.41, 5.74) is 2.96. The highest BCUT2D eigenvalue weighted by molar-refractivity contribution is 5.94. The Morgan fingerprint density at radius 3 is 2.39 bits per heavy atom. The van der Waals surface area contributed by atoms with Crippen molar-refractivity contribution in [3.8, 4) is 11.5 Å². The smallest absolute Gasteiger partial charge is 0.251 e. The number of methoxy groups -OCH3 is 1. The molecule has 3 aromatic carbocycles. The maximum absolute atomic E-state index is 12.2. The lowest BCUT2D eigenvalue weighted by atomic mass is 10.1. The lowest BCUT2D eigenvalue weighted by Gasteiger charge is -2.11. The molecule has 0 saturated heterocycles. The van der Waals surface area contributed by atoms with Crippen LogP contribution in [0.3, 0.4) is 0 Å². The monoisotopic (exact) mass is 485 g/mol. The summed E-state index contributed by atoms with van der Waals surface area (Å²) in [7, 11) is 1.66. The van der Waals surface area contributed by atoms with Gasteiger partial charge in [-0.25, -0.2) is 4.98 Å². The van der Waals surface area contributed by atoms with E-state index < -0.39 is 0 Å². The number of aromatic nitrogens is 2. The van der Waals surface area contributed by atoms with Crippen LogP contribution < -0.4 is 14.8 Å². The van der Waals surface area contributed by atoms with Gasteiger partial charge in [0, 0.05) is 25.1 Å². The number of amides is 1. The zero-order valence-electron chi connectivity index (χ0n) is 21.0. The average molecular weight is 486 g/mol. The number of unbranched alkanes of at least 4 members (excludes halogenated alkanes) is 3. The molecule has 0 unspecified atom stereocenters. The van der Waals surface area contributed by atoms with E-state index in [2.05, 4.69) is 28.1 Å². The van der Waals surface area contributed by atoms with Crippen molar-refractivity contribution in [2.24, 2.45) is 0 Å². The number of benzene rings is 3. The highest BCUT2D eigenvalue weighted by atomic mass is 16.5. The van der Waals surface area contributed by atoms with Gasteiger partial charge in [-0.3, -0.25) is 4.79 Å². The lowest BCUT2D eigenvalue weighted by Crippen LogP contribution is -2.24. The zero-order valence-corrected chi connectivity index (χ0v) is 21.0. The fourth-order valence-corrected chi connectivity index (χ4v) is 4.28. The van der Waals surface area contributed by atoms with E-state index in [4.69, 9.17) is 14.5 Å². The molecule has 36 heavy (non-hydrogen) atoms. The number of fused-ring (bicyclic) bond motifs is 1. The summed E-state index contributed by atoms with van der Waals surface area (Å²) in [6.45, 7) is 2.30. The number of carbonyl (C=O) groups excluding carboxylic acids is 1. The van der Waals surface area contributed by atoms with Crippen molar-refractivity contribution in [3.05, 3.63) is 90.3 Å². The van der Waals surface area contributed by atoms with Crippen LogP contribution >= 0.6 is 0 Å². The first-order chi connectivity index (χ1) is 17.7. The first kappa shape index (κ1) is 25.3. The van der Waals surface area contributed by atoms with Gasteiger partial charge in [0.25, 0.3) is 5.91 Å². The number of ether oxygens (including phenoxy) is 2. The van der Waals surface area contributed by atoms with E-state index in [1.165, 1.54) is 5.52 Å². The topological polar surface area (TPSA) is 65.4 Å². The van der Waals surface area contributed by atoms with E-state index in [0.717, 1.165) is 67.9 Å². The minimum Gasteiger partial charge on any atom is -0.497 e. The van der Waals surface area contributed by atoms with Gasteiger partial charge in [0.15, 0.2) is 0 Å². The van der Waals surface area contributed by atoms with Gasteiger partial charge in [-0.05, 0) is 74.2 Å². The fraction of sp³-hybridized carbons (Fsp3) is 0.333. The van der Waals surface area contributed by atoms with Crippen LogP contribution in [0.1, 0.15) is 48.3 Å². The first-order valence-corrected chi connectivity index (χ1v) is 12.8. The molecule has 0 atom stereocenters. The normalized spacial score (nSPS) is 10.9. The Balaban J connectivity index is 1.21. The molecule has 4 rings (SSSR count). The minimum atomic E-state index is -0.00615. The number of aryl methyl sites for hydroxylation is 2. The zero-order chi connectivity index (χ0) is 25.0. The van der Waals surface area contributed by atoms with Crippen molar-refractivity contribution in [2.45, 2.75) is 45.1 Å². The number of imidazole rings is 1. The SMILES string of the molecule is COc1ccc(OCCCCn2c(CCCCCNC(=O)c3ccccc3)nc3ccccc32)cc1. The maximum atomic E-state index is 12.2. The van der Waals surface area contributed by atoms with Crippen molar-refractivity contribution in [1.82, 2.24) is 14.9 Å². The molecule has 1 aromatic heterocycles. The molecule has 0 bridgehead atoms. The Morgan fingerprint density at radius 1 is 0.833 bits per heavy atom. The lowest BCUT2D eigenvalue weighted by molar-refractivity contribution is 0.0953. The van der Waals surface area contributed by atoms with Crippen molar-refractivity contribution in [2.75, 3.05) is 20.3 Å². The largest absolute Gasteiger partial charge is 0.497 e. The Kier molecular flexibility index (Phi) is 9.37. The van der Waals surface area contributed by atoms with E-state index in [0.29, 0.717) is 18.7 Å². The number of carbonyl (C=O) groups is 1. The molecule has 1 amide bonds. The van der Waals surface area contributed by atoms with E-state index in [1.54, 1.807) is 7.11 Å². The third-order valence-electron chi connectivity index (χ3n) is 6.24. The summed E-state index contributed by atoms with van der Waals surface area (Å²) in [5, 5.41) is 3.01. The average Bonchev–Trinajstić information content (AvgIpc) is 3.28. The highest BCUT2D eigenvalue weighted by Crippen LogP contribution is 2.20. The first-order valence-electron chi connectivity index (χ1n) is 12.8. The fourth-order valence-electron chi connectivity index (χ4n) is 4.28. The molecule has 0 aliphatic heterocycles. The molecular weight excluding hydrogens is 450 g/mol. The molecule has 0 saturated carbocycles. The van der Waals surface area contributed by atoms with Gasteiger partial charge >= 0.3 is 0 Å². The van der Waals surface area contributed by atoms with E-state index >= 15 is 0 Å². The molecule has 0 aliphatic rings. The number of hydrogen-bond donors (Lipinski definition) is 1. The number of nitrogens with zero attached hydrogens (tertiary/aromatic N) is 2. The van der Waals surface area contributed by atoms with Gasteiger partial charge in [-0.2, -0.15) is 0 Å². The molecule has 6 heteroatoms. The van der Waals surface area contributed by atoms with Gasteiger partial charge < -0.3 is 19.4 Å². The van der Waals surface area contributed by atoms with Crippen molar-refractivity contribution in [1.29, 1.82) is 0 Å². The number of rotatable bonds is 14. The number of nitrogens with one attached hydrogen (secondary N) is 1. The molecule has 4 aromatic rings. The Labute approximate surface area is 213 Å². The van der Waals surface area contributed by atoms with Crippen LogP contribution in [0.4, 0.5) is 0 Å². The summed E-state index contributed by atoms with van der Waals surface area (Å²) in [4.78, 5) is 17.1. The van der Waals surface area contributed by atoms with E-state index in [9.17, 15) is 4.79 Å². The second-order valence-electron chi connectivity index (χ2n) is 8.83. The quantitative estimate of drug-likeness (QED) is 0.221. The maximum Gasteiger partial charge on any atom is 0.251 e. The third kappa shape index (κ3) is 7.11. The molecule has 188 valence electrons. The minimum absolute atomic E-state index is 0.00615. The molecule has 1 N–H and O–H groups in total. The predicted octanol–water partition coefficient (Wildman–Crippen LogP) is 6.05.